The zero-order valence-electron chi connectivity index (χ0n) is 20.0. The number of aromatic nitrogens is 4. The molecule has 190 valence electrons. The van der Waals surface area contributed by atoms with E-state index in [1.54, 1.807) is 37.7 Å². The van der Waals surface area contributed by atoms with Crippen molar-refractivity contribution in [3.05, 3.63) is 71.9 Å². The van der Waals surface area contributed by atoms with Crippen LogP contribution < -0.4 is 15.0 Å². The number of amides is 1. The van der Waals surface area contributed by atoms with E-state index >= 15 is 0 Å². The van der Waals surface area contributed by atoms with Gasteiger partial charge in [0.05, 0.1) is 17.9 Å². The molecule has 9 nitrogen and oxygen atoms in total. The van der Waals surface area contributed by atoms with Gasteiger partial charge in [-0.3, -0.25) is 4.79 Å². The highest BCUT2D eigenvalue weighted by molar-refractivity contribution is 5.82. The predicted octanol–water partition coefficient (Wildman–Crippen LogP) is 3.55. The fourth-order valence-electron chi connectivity index (χ4n) is 5.17. The summed E-state index contributed by atoms with van der Waals surface area (Å²) in [6, 6.07) is 10.7. The summed E-state index contributed by atoms with van der Waals surface area (Å²) in [6.07, 6.45) is 5.71. The number of pyridine rings is 1. The van der Waals surface area contributed by atoms with E-state index in [1.807, 2.05) is 33.7 Å². The number of hydrogen-bond donors (Lipinski definition) is 1. The van der Waals surface area contributed by atoms with Crippen molar-refractivity contribution in [1.29, 1.82) is 0 Å². The number of rotatable bonds is 6. The van der Waals surface area contributed by atoms with E-state index in [9.17, 15) is 13.6 Å². The molecule has 0 unspecified atom stereocenters. The number of hydrogen-bond acceptors (Lipinski definition) is 7. The highest BCUT2D eigenvalue weighted by atomic mass is 19.3. The van der Waals surface area contributed by atoms with Gasteiger partial charge in [0.25, 0.3) is 0 Å². The maximum Gasteiger partial charge on any atom is 0.387 e. The van der Waals surface area contributed by atoms with Crippen LogP contribution in [0.2, 0.25) is 0 Å². The summed E-state index contributed by atoms with van der Waals surface area (Å²) in [4.78, 5) is 27.3. The molecule has 1 aliphatic heterocycles. The van der Waals surface area contributed by atoms with Gasteiger partial charge in [-0.15, -0.1) is 0 Å². The third kappa shape index (κ3) is 4.25. The molecule has 0 radical (unpaired) electrons. The van der Waals surface area contributed by atoms with Crippen molar-refractivity contribution >= 4 is 17.5 Å². The maximum absolute atomic E-state index is 13.1. The first kappa shape index (κ1) is 23.3. The molecule has 0 spiro atoms. The first-order valence-corrected chi connectivity index (χ1v) is 11.9. The van der Waals surface area contributed by atoms with Crippen LogP contribution >= 0.6 is 0 Å². The zero-order valence-corrected chi connectivity index (χ0v) is 20.0. The van der Waals surface area contributed by atoms with Crippen molar-refractivity contribution in [3.63, 3.8) is 0 Å². The van der Waals surface area contributed by atoms with Crippen molar-refractivity contribution in [2.45, 2.75) is 25.1 Å². The van der Waals surface area contributed by atoms with E-state index in [1.165, 1.54) is 0 Å². The van der Waals surface area contributed by atoms with E-state index in [0.29, 0.717) is 31.0 Å². The molecule has 4 heterocycles. The number of nitrogens with one attached hydrogen (secondary N) is 1. The molecule has 4 aromatic rings. The summed E-state index contributed by atoms with van der Waals surface area (Å²) in [5.41, 5.74) is 4.72. The van der Waals surface area contributed by atoms with E-state index < -0.39 is 6.61 Å². The topological polar surface area (TPSA) is 93.9 Å². The van der Waals surface area contributed by atoms with Crippen LogP contribution in [-0.4, -0.2) is 58.6 Å². The molecule has 1 aliphatic carbocycles. The number of fused-ring (bicyclic) bond motifs is 3. The quantitative estimate of drug-likeness (QED) is 0.428. The molecule has 3 aromatic heterocycles. The average molecular weight is 507 g/mol. The number of nitrogens with zero attached hydrogens (tertiary/aromatic N) is 5. The lowest BCUT2D eigenvalue weighted by molar-refractivity contribution is -0.120. The van der Waals surface area contributed by atoms with Gasteiger partial charge in [0.1, 0.15) is 17.5 Å². The number of piperazine rings is 1. The van der Waals surface area contributed by atoms with Crippen molar-refractivity contribution in [2.75, 3.05) is 31.6 Å². The first-order valence-electron chi connectivity index (χ1n) is 11.9. The van der Waals surface area contributed by atoms with Crippen molar-refractivity contribution in [2.24, 2.45) is 0 Å². The second kappa shape index (κ2) is 9.40. The minimum atomic E-state index is -2.92. The van der Waals surface area contributed by atoms with E-state index in [0.717, 1.165) is 28.2 Å². The smallest absolute Gasteiger partial charge is 0.387 e. The van der Waals surface area contributed by atoms with Crippen LogP contribution in [0.5, 0.6) is 5.75 Å². The van der Waals surface area contributed by atoms with Gasteiger partial charge in [-0.2, -0.15) is 8.78 Å². The molecule has 2 aliphatic rings. The Bertz CT molecular complexity index is 1460. The van der Waals surface area contributed by atoms with Crippen molar-refractivity contribution < 1.29 is 23.0 Å². The summed E-state index contributed by atoms with van der Waals surface area (Å²) < 4.78 is 38.8. The number of anilines is 1. The Morgan fingerprint density at radius 2 is 1.92 bits per heavy atom. The Morgan fingerprint density at radius 3 is 2.68 bits per heavy atom. The first-order chi connectivity index (χ1) is 18.0. The van der Waals surface area contributed by atoms with Gasteiger partial charge in [0.2, 0.25) is 11.9 Å². The van der Waals surface area contributed by atoms with Gasteiger partial charge in [-0.1, -0.05) is 18.2 Å². The Kier molecular flexibility index (Phi) is 5.91. The largest absolute Gasteiger partial charge is 0.435 e. The predicted molar refractivity (Wildman–Crippen MR) is 131 cm³/mol. The van der Waals surface area contributed by atoms with Gasteiger partial charge in [-0.05, 0) is 24.6 Å². The van der Waals surface area contributed by atoms with Gasteiger partial charge >= 0.3 is 6.61 Å². The molecule has 1 aromatic carbocycles. The fourth-order valence-corrected chi connectivity index (χ4v) is 5.17. The van der Waals surface area contributed by atoms with Crippen LogP contribution in [0.3, 0.4) is 0 Å². The van der Waals surface area contributed by atoms with E-state index in [2.05, 4.69) is 15.3 Å². The summed E-state index contributed by atoms with van der Waals surface area (Å²) in [5.74, 6) is 0.348. The Morgan fingerprint density at radius 1 is 1.11 bits per heavy atom. The second-order valence-electron chi connectivity index (χ2n) is 9.00. The van der Waals surface area contributed by atoms with Gasteiger partial charge in [0.15, 0.2) is 0 Å². The van der Waals surface area contributed by atoms with E-state index in [4.69, 9.17) is 14.5 Å². The number of carbonyl (C=O) groups excluding carboxylic acids is 1. The molecular weight excluding hydrogens is 482 g/mol. The third-order valence-electron chi connectivity index (χ3n) is 6.86. The number of para-hydroxylation sites is 1. The molecule has 1 fully saturated rings. The number of carbonyl (C=O) groups is 1. The van der Waals surface area contributed by atoms with Gasteiger partial charge in [0, 0.05) is 61.4 Å². The molecule has 1 N–H and O–H groups in total. The van der Waals surface area contributed by atoms with Crippen LogP contribution in [0.4, 0.5) is 14.7 Å². The number of alkyl halides is 2. The molecule has 37 heavy (non-hydrogen) atoms. The van der Waals surface area contributed by atoms with Crippen molar-refractivity contribution in [1.82, 2.24) is 24.7 Å². The van der Waals surface area contributed by atoms with Crippen LogP contribution in [-0.2, 0) is 9.53 Å². The lowest BCUT2D eigenvalue weighted by Gasteiger charge is -2.26. The van der Waals surface area contributed by atoms with Crippen LogP contribution in [0.1, 0.15) is 35.4 Å². The average Bonchev–Trinajstić information content (AvgIpc) is 3.46. The third-order valence-corrected chi connectivity index (χ3v) is 6.86. The monoisotopic (exact) mass is 506 g/mol. The number of methoxy groups -OCH3 is 1. The maximum atomic E-state index is 13.1. The number of benzene rings is 1. The van der Waals surface area contributed by atoms with Crippen LogP contribution in [0.15, 0.2) is 55.0 Å². The van der Waals surface area contributed by atoms with E-state index in [-0.39, 0.29) is 30.2 Å². The lowest BCUT2D eigenvalue weighted by atomic mass is 9.95. The highest BCUT2D eigenvalue weighted by Crippen LogP contribution is 2.48. The minimum Gasteiger partial charge on any atom is -0.435 e. The number of halogens is 2. The zero-order chi connectivity index (χ0) is 25.5. The standard InChI is InChI=1S/C26H24F2N6O3/c1-36-20-10-18(17-4-2-3-5-19(17)37-25(27)28)24-23(20)32-21-7-6-15(13-34(21)24)16-11-30-26(31-12-16)33-9-8-29-22(35)14-33/h2-7,11-13,18,20,25H,8-10,14H2,1H3,(H,29,35)/t18-,20-/m1/s1. The minimum absolute atomic E-state index is 0.0530. The highest BCUT2D eigenvalue weighted by Gasteiger charge is 2.38. The Hall–Kier alpha value is -4.12. The summed E-state index contributed by atoms with van der Waals surface area (Å²) in [7, 11) is 1.62. The summed E-state index contributed by atoms with van der Waals surface area (Å²) in [6.45, 7) is -1.49. The fraction of sp³-hybridized carbons (Fsp3) is 0.308. The number of imidazole rings is 1. The Labute approximate surface area is 211 Å². The summed E-state index contributed by atoms with van der Waals surface area (Å²) >= 11 is 0. The summed E-state index contributed by atoms with van der Waals surface area (Å²) in [5, 5.41) is 2.79. The normalized spacial score (nSPS) is 19.4. The SMILES string of the molecule is CO[C@@H]1C[C@H](c2ccccc2OC(F)F)c2c1nc1ccc(-c3cnc(N4CCNC(=O)C4)nc3)cn21. The van der Waals surface area contributed by atoms with Crippen LogP contribution in [0, 0.1) is 0 Å². The number of ether oxygens (including phenoxy) is 2. The molecule has 11 heteroatoms. The van der Waals surface area contributed by atoms with Crippen LogP contribution in [0.25, 0.3) is 16.8 Å². The molecule has 1 saturated heterocycles. The van der Waals surface area contributed by atoms with Gasteiger partial charge < -0.3 is 24.1 Å². The second-order valence-corrected chi connectivity index (χ2v) is 9.00. The van der Waals surface area contributed by atoms with Crippen molar-refractivity contribution in [3.8, 4) is 16.9 Å². The molecule has 0 saturated carbocycles. The molecule has 6 rings (SSSR count). The lowest BCUT2D eigenvalue weighted by Crippen LogP contribution is -2.48. The van der Waals surface area contributed by atoms with Gasteiger partial charge in [-0.25, -0.2) is 15.0 Å². The Balaban J connectivity index is 1.38. The molecule has 2 atom stereocenters. The molecular formula is C26H24F2N6O3. The molecule has 0 bridgehead atoms. The molecule has 1 amide bonds.